The number of benzene rings is 8. The van der Waals surface area contributed by atoms with E-state index in [1.807, 2.05) is 0 Å². The zero-order valence-electron chi connectivity index (χ0n) is 38.3. The summed E-state index contributed by atoms with van der Waals surface area (Å²) < 4.78 is 0. The topological polar surface area (TPSA) is 3.24 Å². The van der Waals surface area contributed by atoms with E-state index in [0.717, 1.165) is 12.1 Å². The third-order valence-electron chi connectivity index (χ3n) is 14.8. The number of rotatable bonds is 5. The quantitative estimate of drug-likeness (QED) is 0.167. The minimum atomic E-state index is -0.511. The summed E-state index contributed by atoms with van der Waals surface area (Å²) in [5.41, 5.74) is 25.6. The van der Waals surface area contributed by atoms with Crippen LogP contribution in [0.5, 0.6) is 0 Å². The lowest BCUT2D eigenvalue weighted by Gasteiger charge is -2.35. The molecule has 0 radical (unpaired) electrons. The van der Waals surface area contributed by atoms with Crippen LogP contribution in [0.1, 0.15) is 112 Å². The van der Waals surface area contributed by atoms with Crippen molar-refractivity contribution >= 4 is 17.1 Å². The van der Waals surface area contributed by atoms with E-state index in [1.165, 1.54) is 106 Å². The maximum Gasteiger partial charge on any atom is 0.0726 e. The number of aryl methyl sites for hydroxylation is 1. The van der Waals surface area contributed by atoms with Gasteiger partial charge in [-0.05, 0) is 131 Å². The average Bonchev–Trinajstić information content (AvgIpc) is 3.84. The molecule has 3 aliphatic rings. The van der Waals surface area contributed by atoms with Crippen molar-refractivity contribution in [2.75, 3.05) is 4.90 Å². The van der Waals surface area contributed by atoms with E-state index < -0.39 is 5.41 Å². The van der Waals surface area contributed by atoms with E-state index in [0.29, 0.717) is 0 Å². The zero-order valence-corrected chi connectivity index (χ0v) is 38.3. The highest BCUT2D eigenvalue weighted by atomic mass is 15.1. The standard InChI is InChI=1S/C62H57N/c1-10-39-20-11-12-21-43(39)49-24-15-18-28-56(49)63(57-29-19-25-50-45-23-13-16-26-51(45)61(8,9)58(50)57)42-32-35-48-44-22-14-17-27-52(44)62(55(48)38-42)53-36-40(59(2,3)4)30-33-46(53)47-34-31-41(37-54(47)62)60(5,6)7/h11-38H,10H2,1-9H3. The van der Waals surface area contributed by atoms with Crippen LogP contribution in [0.2, 0.25) is 0 Å². The molecule has 8 aromatic carbocycles. The van der Waals surface area contributed by atoms with Gasteiger partial charge in [0.2, 0.25) is 0 Å². The number of nitrogens with zero attached hydrogens (tertiary/aromatic N) is 1. The Morgan fingerprint density at radius 3 is 1.48 bits per heavy atom. The molecule has 1 nitrogen and oxygen atoms in total. The molecule has 8 aromatic rings. The van der Waals surface area contributed by atoms with Gasteiger partial charge in [0.05, 0.1) is 16.8 Å². The predicted molar refractivity (Wildman–Crippen MR) is 267 cm³/mol. The largest absolute Gasteiger partial charge is 0.310 e. The molecule has 0 bridgehead atoms. The van der Waals surface area contributed by atoms with Crippen LogP contribution < -0.4 is 4.90 Å². The minimum Gasteiger partial charge on any atom is -0.310 e. The second kappa shape index (κ2) is 13.8. The van der Waals surface area contributed by atoms with Crippen molar-refractivity contribution < 1.29 is 0 Å². The molecular weight excluding hydrogens is 759 g/mol. The van der Waals surface area contributed by atoms with Crippen molar-refractivity contribution in [3.05, 3.63) is 220 Å². The van der Waals surface area contributed by atoms with Crippen LogP contribution >= 0.6 is 0 Å². The molecule has 3 aliphatic carbocycles. The zero-order chi connectivity index (χ0) is 43.6. The number of hydrogen-bond donors (Lipinski definition) is 0. The van der Waals surface area contributed by atoms with Crippen molar-refractivity contribution in [1.29, 1.82) is 0 Å². The fourth-order valence-electron chi connectivity index (χ4n) is 11.6. The smallest absolute Gasteiger partial charge is 0.0726 e. The molecule has 310 valence electrons. The SMILES string of the molecule is CCc1ccccc1-c1ccccc1N(c1ccc2c(c1)C1(c3ccccc3-2)c2cc(C(C)(C)C)ccc2-c2ccc(C(C)(C)C)cc21)c1cccc2c1C(C)(C)c1ccccc1-2. The van der Waals surface area contributed by atoms with E-state index in [-0.39, 0.29) is 16.2 Å². The highest BCUT2D eigenvalue weighted by Crippen LogP contribution is 2.65. The summed E-state index contributed by atoms with van der Waals surface area (Å²) in [6.07, 6.45) is 0.957. The Labute approximate surface area is 375 Å². The molecular formula is C62H57N. The number of anilines is 3. The van der Waals surface area contributed by atoms with Gasteiger partial charge in [0.15, 0.2) is 0 Å². The fourth-order valence-corrected chi connectivity index (χ4v) is 11.6. The van der Waals surface area contributed by atoms with E-state index in [1.54, 1.807) is 0 Å². The summed E-state index contributed by atoms with van der Waals surface area (Å²) in [5.74, 6) is 0. The van der Waals surface area contributed by atoms with Crippen molar-refractivity contribution in [1.82, 2.24) is 0 Å². The molecule has 0 fully saturated rings. The van der Waals surface area contributed by atoms with Crippen LogP contribution in [0, 0.1) is 0 Å². The minimum absolute atomic E-state index is 0.0161. The van der Waals surface area contributed by atoms with Crippen LogP contribution in [0.15, 0.2) is 170 Å². The summed E-state index contributed by atoms with van der Waals surface area (Å²) in [7, 11) is 0. The van der Waals surface area contributed by atoms with Crippen LogP contribution in [-0.4, -0.2) is 0 Å². The molecule has 0 N–H and O–H groups in total. The third kappa shape index (κ3) is 5.61. The van der Waals surface area contributed by atoms with Gasteiger partial charge in [-0.1, -0.05) is 208 Å². The van der Waals surface area contributed by atoms with Gasteiger partial charge >= 0.3 is 0 Å². The van der Waals surface area contributed by atoms with Gasteiger partial charge in [0.25, 0.3) is 0 Å². The summed E-state index contributed by atoms with van der Waals surface area (Å²) in [5, 5.41) is 0. The average molecular weight is 816 g/mol. The molecule has 11 rings (SSSR count). The molecule has 0 aliphatic heterocycles. The molecule has 0 saturated carbocycles. The van der Waals surface area contributed by atoms with E-state index in [4.69, 9.17) is 0 Å². The van der Waals surface area contributed by atoms with Gasteiger partial charge in [0.1, 0.15) is 0 Å². The van der Waals surface area contributed by atoms with Crippen LogP contribution in [0.25, 0.3) is 44.5 Å². The lowest BCUT2D eigenvalue weighted by molar-refractivity contribution is 0.586. The van der Waals surface area contributed by atoms with Gasteiger partial charge in [-0.3, -0.25) is 0 Å². The molecule has 1 heteroatoms. The molecule has 0 heterocycles. The second-order valence-corrected chi connectivity index (χ2v) is 20.8. The lowest BCUT2D eigenvalue weighted by atomic mass is 9.68. The molecule has 1 spiro atoms. The first-order chi connectivity index (χ1) is 30.2. The van der Waals surface area contributed by atoms with Crippen LogP contribution in [-0.2, 0) is 28.1 Å². The molecule has 0 aromatic heterocycles. The first-order valence-electron chi connectivity index (χ1n) is 23.0. The Hall–Kier alpha value is -6.44. The Morgan fingerprint density at radius 2 is 0.857 bits per heavy atom. The lowest BCUT2D eigenvalue weighted by Crippen LogP contribution is -2.28. The van der Waals surface area contributed by atoms with Crippen molar-refractivity contribution in [2.24, 2.45) is 0 Å². The van der Waals surface area contributed by atoms with E-state index in [9.17, 15) is 0 Å². The third-order valence-corrected chi connectivity index (χ3v) is 14.8. The molecule has 0 amide bonds. The number of fused-ring (bicyclic) bond motifs is 13. The monoisotopic (exact) mass is 815 g/mol. The van der Waals surface area contributed by atoms with Crippen molar-refractivity contribution in [3.63, 3.8) is 0 Å². The summed E-state index contributed by atoms with van der Waals surface area (Å²) in [4.78, 5) is 2.61. The molecule has 0 unspecified atom stereocenters. The van der Waals surface area contributed by atoms with Gasteiger partial charge in [0, 0.05) is 16.7 Å². The molecule has 63 heavy (non-hydrogen) atoms. The maximum absolute atomic E-state index is 2.61. The first-order valence-corrected chi connectivity index (χ1v) is 23.0. The Bertz CT molecular complexity index is 3100. The summed E-state index contributed by atoms with van der Waals surface area (Å²) in [6.45, 7) is 21.2. The van der Waals surface area contributed by atoms with E-state index >= 15 is 0 Å². The Morgan fingerprint density at radius 1 is 0.397 bits per heavy atom. The molecule has 0 atom stereocenters. The fraction of sp³-hybridized carbons (Fsp3) is 0.226. The highest BCUT2D eigenvalue weighted by molar-refractivity contribution is 5.99. The summed E-state index contributed by atoms with van der Waals surface area (Å²) >= 11 is 0. The van der Waals surface area contributed by atoms with Gasteiger partial charge < -0.3 is 4.90 Å². The first kappa shape index (κ1) is 39.4. The summed E-state index contributed by atoms with van der Waals surface area (Å²) in [6, 6.07) is 65.5. The highest BCUT2D eigenvalue weighted by Gasteiger charge is 2.52. The Balaban J connectivity index is 1.25. The van der Waals surface area contributed by atoms with Gasteiger partial charge in [-0.15, -0.1) is 0 Å². The normalized spacial score (nSPS) is 14.7. The van der Waals surface area contributed by atoms with Gasteiger partial charge in [-0.2, -0.15) is 0 Å². The predicted octanol–water partition coefficient (Wildman–Crippen LogP) is 16.6. The van der Waals surface area contributed by atoms with Crippen molar-refractivity contribution in [3.8, 4) is 44.5 Å². The number of hydrogen-bond acceptors (Lipinski definition) is 1. The Kier molecular flexibility index (Phi) is 8.62. The number of para-hydroxylation sites is 1. The molecule has 0 saturated heterocycles. The van der Waals surface area contributed by atoms with Crippen LogP contribution in [0.3, 0.4) is 0 Å². The second-order valence-electron chi connectivity index (χ2n) is 20.8. The van der Waals surface area contributed by atoms with E-state index in [2.05, 4.69) is 237 Å². The van der Waals surface area contributed by atoms with Crippen molar-refractivity contribution in [2.45, 2.75) is 90.4 Å². The maximum atomic E-state index is 2.61. The van der Waals surface area contributed by atoms with Crippen LogP contribution in [0.4, 0.5) is 17.1 Å². The van der Waals surface area contributed by atoms with Gasteiger partial charge in [-0.25, -0.2) is 0 Å².